The van der Waals surface area contributed by atoms with E-state index in [4.69, 9.17) is 10.8 Å². The number of nitrogens with two attached hydrogens (primary N) is 1. The van der Waals surface area contributed by atoms with Gasteiger partial charge in [0.05, 0.1) is 11.9 Å². The van der Waals surface area contributed by atoms with Crippen LogP contribution in [0.15, 0.2) is 47.6 Å². The van der Waals surface area contributed by atoms with Gasteiger partial charge in [0.1, 0.15) is 5.69 Å². The Morgan fingerprint density at radius 3 is 2.52 bits per heavy atom. The Labute approximate surface area is 120 Å². The summed E-state index contributed by atoms with van der Waals surface area (Å²) in [6.45, 7) is 0. The van der Waals surface area contributed by atoms with E-state index >= 15 is 0 Å². The van der Waals surface area contributed by atoms with Crippen molar-refractivity contribution in [3.05, 3.63) is 53.7 Å². The molecule has 0 saturated carbocycles. The predicted molar refractivity (Wildman–Crippen MR) is 76.9 cm³/mol. The summed E-state index contributed by atoms with van der Waals surface area (Å²) in [6.07, 6.45) is 1.44. The molecule has 0 bridgehead atoms. The molecule has 7 nitrogen and oxygen atoms in total. The average molecular weight is 284 g/mol. The molecule has 0 aliphatic rings. The zero-order valence-electron chi connectivity index (χ0n) is 10.9. The number of hydrazone groups is 1. The van der Waals surface area contributed by atoms with Gasteiger partial charge >= 0.3 is 12.0 Å². The van der Waals surface area contributed by atoms with Gasteiger partial charge < -0.3 is 10.8 Å². The number of primary amides is 1. The van der Waals surface area contributed by atoms with Crippen LogP contribution in [0.3, 0.4) is 0 Å². The molecule has 0 radical (unpaired) electrons. The van der Waals surface area contributed by atoms with Crippen molar-refractivity contribution < 1.29 is 14.7 Å². The van der Waals surface area contributed by atoms with Crippen LogP contribution in [0.1, 0.15) is 16.1 Å². The number of hydrogen-bond acceptors (Lipinski definition) is 4. The van der Waals surface area contributed by atoms with E-state index in [1.807, 2.05) is 0 Å². The number of amides is 2. The second-order valence-electron chi connectivity index (χ2n) is 4.07. The lowest BCUT2D eigenvalue weighted by Crippen LogP contribution is -2.24. The molecule has 0 fully saturated rings. The molecule has 1 aromatic heterocycles. The molecule has 0 saturated heterocycles. The lowest BCUT2D eigenvalue weighted by atomic mass is 10.1. The van der Waals surface area contributed by atoms with E-state index in [2.05, 4.69) is 15.5 Å². The fourth-order valence-corrected chi connectivity index (χ4v) is 1.62. The van der Waals surface area contributed by atoms with Crippen LogP contribution in [-0.4, -0.2) is 28.3 Å². The first-order valence-corrected chi connectivity index (χ1v) is 5.95. The van der Waals surface area contributed by atoms with Crippen LogP contribution in [0.25, 0.3) is 11.3 Å². The number of carbonyl (C=O) groups excluding carboxylic acids is 1. The van der Waals surface area contributed by atoms with Crippen LogP contribution in [0, 0.1) is 0 Å². The van der Waals surface area contributed by atoms with E-state index in [0.717, 1.165) is 11.1 Å². The molecule has 1 heterocycles. The van der Waals surface area contributed by atoms with Crippen molar-refractivity contribution in [3.8, 4) is 11.3 Å². The number of nitrogens with zero attached hydrogens (tertiary/aromatic N) is 2. The first kappa shape index (κ1) is 14.2. The van der Waals surface area contributed by atoms with E-state index in [1.54, 1.807) is 36.4 Å². The Morgan fingerprint density at radius 2 is 1.90 bits per heavy atom. The highest BCUT2D eigenvalue weighted by molar-refractivity contribution is 5.86. The monoisotopic (exact) mass is 284 g/mol. The van der Waals surface area contributed by atoms with E-state index in [1.165, 1.54) is 12.3 Å². The summed E-state index contributed by atoms with van der Waals surface area (Å²) in [6, 6.07) is 11.1. The van der Waals surface area contributed by atoms with Crippen LogP contribution in [0.5, 0.6) is 0 Å². The highest BCUT2D eigenvalue weighted by atomic mass is 16.4. The number of carbonyl (C=O) groups is 2. The van der Waals surface area contributed by atoms with Crippen molar-refractivity contribution in [2.24, 2.45) is 10.8 Å². The van der Waals surface area contributed by atoms with Crippen molar-refractivity contribution in [2.75, 3.05) is 0 Å². The van der Waals surface area contributed by atoms with Crippen molar-refractivity contribution >= 4 is 18.2 Å². The van der Waals surface area contributed by atoms with Gasteiger partial charge in [-0.25, -0.2) is 20.0 Å². The highest BCUT2D eigenvalue weighted by Crippen LogP contribution is 2.17. The topological polar surface area (TPSA) is 118 Å². The smallest absolute Gasteiger partial charge is 0.354 e. The lowest BCUT2D eigenvalue weighted by molar-refractivity contribution is 0.0690. The van der Waals surface area contributed by atoms with Gasteiger partial charge in [-0.05, 0) is 17.7 Å². The minimum absolute atomic E-state index is 0.0104. The number of hydrogen-bond donors (Lipinski definition) is 3. The second kappa shape index (κ2) is 6.29. The summed E-state index contributed by atoms with van der Waals surface area (Å²) in [5.41, 5.74) is 9.05. The second-order valence-corrected chi connectivity index (χ2v) is 4.07. The normalized spacial score (nSPS) is 10.5. The van der Waals surface area contributed by atoms with Gasteiger partial charge in [0, 0.05) is 5.56 Å². The lowest BCUT2D eigenvalue weighted by Gasteiger charge is -2.02. The summed E-state index contributed by atoms with van der Waals surface area (Å²) in [4.78, 5) is 25.4. The van der Waals surface area contributed by atoms with Gasteiger partial charge in [-0.3, -0.25) is 0 Å². The van der Waals surface area contributed by atoms with Crippen molar-refractivity contribution in [1.82, 2.24) is 10.4 Å². The van der Waals surface area contributed by atoms with Crippen molar-refractivity contribution in [3.63, 3.8) is 0 Å². The first-order chi connectivity index (χ1) is 10.1. The average Bonchev–Trinajstić information content (AvgIpc) is 2.48. The molecule has 2 rings (SSSR count). The van der Waals surface area contributed by atoms with E-state index in [0.29, 0.717) is 5.69 Å². The van der Waals surface area contributed by atoms with Gasteiger partial charge in [-0.2, -0.15) is 5.10 Å². The van der Waals surface area contributed by atoms with Gasteiger partial charge in [0.2, 0.25) is 0 Å². The van der Waals surface area contributed by atoms with Crippen LogP contribution in [0.4, 0.5) is 4.79 Å². The predicted octanol–water partition coefficient (Wildman–Crippen LogP) is 1.45. The SMILES string of the molecule is NC(=O)NN=Cc1ccc(-c2cccc(C(=O)O)n2)cc1. The first-order valence-electron chi connectivity index (χ1n) is 5.95. The number of aromatic carboxylic acids is 1. The van der Waals surface area contributed by atoms with Gasteiger partial charge in [-0.1, -0.05) is 30.3 Å². The van der Waals surface area contributed by atoms with E-state index in [-0.39, 0.29) is 5.69 Å². The largest absolute Gasteiger partial charge is 0.477 e. The summed E-state index contributed by atoms with van der Waals surface area (Å²) in [5.74, 6) is -1.07. The standard InChI is InChI=1S/C14H12N4O3/c15-14(21)18-16-8-9-4-6-10(7-5-9)11-2-1-3-12(17-11)13(19)20/h1-8H,(H,19,20)(H3,15,18,21). The molecule has 4 N–H and O–H groups in total. The molecule has 2 amide bonds. The number of carboxylic acid groups (broad SMARTS) is 1. The van der Waals surface area contributed by atoms with Gasteiger partial charge in [0.25, 0.3) is 0 Å². The molecule has 0 aliphatic carbocycles. The molecule has 7 heteroatoms. The maximum atomic E-state index is 10.9. The van der Waals surface area contributed by atoms with Crippen LogP contribution >= 0.6 is 0 Å². The molecule has 0 atom stereocenters. The van der Waals surface area contributed by atoms with Gasteiger partial charge in [-0.15, -0.1) is 0 Å². The van der Waals surface area contributed by atoms with Crippen LogP contribution in [0.2, 0.25) is 0 Å². The minimum Gasteiger partial charge on any atom is -0.477 e. The fraction of sp³-hybridized carbons (Fsp3) is 0. The van der Waals surface area contributed by atoms with Crippen LogP contribution < -0.4 is 11.2 Å². The van der Waals surface area contributed by atoms with Crippen LogP contribution in [-0.2, 0) is 0 Å². The summed E-state index contributed by atoms with van der Waals surface area (Å²) < 4.78 is 0. The maximum absolute atomic E-state index is 10.9. The quantitative estimate of drug-likeness (QED) is 0.581. The van der Waals surface area contributed by atoms with Gasteiger partial charge in [0.15, 0.2) is 0 Å². The highest BCUT2D eigenvalue weighted by Gasteiger charge is 2.06. The third-order valence-corrected chi connectivity index (χ3v) is 2.56. The summed E-state index contributed by atoms with van der Waals surface area (Å²) in [7, 11) is 0. The number of carboxylic acids is 1. The summed E-state index contributed by atoms with van der Waals surface area (Å²) in [5, 5.41) is 12.6. The minimum atomic E-state index is -1.07. The Balaban J connectivity index is 2.19. The Bertz CT molecular complexity index is 696. The maximum Gasteiger partial charge on any atom is 0.354 e. The Hall–Kier alpha value is -3.22. The molecule has 21 heavy (non-hydrogen) atoms. The van der Waals surface area contributed by atoms with E-state index < -0.39 is 12.0 Å². The number of benzene rings is 1. The van der Waals surface area contributed by atoms with Crippen molar-refractivity contribution in [1.29, 1.82) is 0 Å². The molecule has 0 spiro atoms. The number of urea groups is 1. The molecule has 0 unspecified atom stereocenters. The molecular formula is C14H12N4O3. The third kappa shape index (κ3) is 3.87. The van der Waals surface area contributed by atoms with E-state index in [9.17, 15) is 9.59 Å². The Morgan fingerprint density at radius 1 is 1.19 bits per heavy atom. The molecule has 106 valence electrons. The number of pyridine rings is 1. The van der Waals surface area contributed by atoms with Crippen molar-refractivity contribution in [2.45, 2.75) is 0 Å². The molecule has 1 aromatic carbocycles. The number of aromatic nitrogens is 1. The number of rotatable bonds is 4. The third-order valence-electron chi connectivity index (χ3n) is 2.56. The fourth-order valence-electron chi connectivity index (χ4n) is 1.62. The molecule has 2 aromatic rings. The zero-order valence-corrected chi connectivity index (χ0v) is 10.9. The molecule has 0 aliphatic heterocycles. The number of nitrogens with one attached hydrogen (secondary N) is 1. The Kier molecular flexibility index (Phi) is 4.25. The molecular weight excluding hydrogens is 272 g/mol. The zero-order chi connectivity index (χ0) is 15.2. The summed E-state index contributed by atoms with van der Waals surface area (Å²) >= 11 is 0.